The molecule has 0 aromatic carbocycles. The van der Waals surface area contributed by atoms with Gasteiger partial charge in [0, 0.05) is 12.8 Å². The van der Waals surface area contributed by atoms with Crippen molar-refractivity contribution in [3.05, 3.63) is 48.6 Å². The van der Waals surface area contributed by atoms with Crippen molar-refractivity contribution < 1.29 is 43.0 Å². The molecule has 0 aliphatic carbocycles. The molecule has 0 heterocycles. The highest BCUT2D eigenvalue weighted by Crippen LogP contribution is 2.36. The van der Waals surface area contributed by atoms with Gasteiger partial charge in [0.25, 0.3) is 0 Å². The van der Waals surface area contributed by atoms with Crippen LogP contribution in [0.2, 0.25) is 0 Å². The van der Waals surface area contributed by atoms with E-state index in [9.17, 15) is 19.3 Å². The zero-order valence-electron chi connectivity index (χ0n) is 34.2. The fraction of sp³-hybridized carbons (Fsp3) is 0.773. The van der Waals surface area contributed by atoms with Crippen LogP contribution in [-0.2, 0) is 28.2 Å². The van der Waals surface area contributed by atoms with Gasteiger partial charge in [-0.15, -0.1) is 0 Å². The van der Waals surface area contributed by atoms with E-state index >= 15 is 0 Å². The molecular formula is C44H79O9P. The van der Waals surface area contributed by atoms with Crippen LogP contribution in [0.3, 0.4) is 0 Å². The molecule has 0 unspecified atom stereocenters. The molecule has 0 saturated heterocycles. The molecular weight excluding hydrogens is 703 g/mol. The molecule has 54 heavy (non-hydrogen) atoms. The van der Waals surface area contributed by atoms with Gasteiger partial charge in [0.05, 0.1) is 12.7 Å². The first-order valence-electron chi connectivity index (χ1n) is 21.5. The number of aliphatic hydroxyl groups is 1. The van der Waals surface area contributed by atoms with Crippen molar-refractivity contribution in [2.45, 2.75) is 206 Å². The highest BCUT2D eigenvalue weighted by molar-refractivity contribution is 7.46. The Morgan fingerprint density at radius 1 is 0.556 bits per heavy atom. The molecule has 0 bridgehead atoms. The van der Waals surface area contributed by atoms with Gasteiger partial charge in [0.15, 0.2) is 6.10 Å². The normalized spacial score (nSPS) is 13.5. The second kappa shape index (κ2) is 39.2. The lowest BCUT2D eigenvalue weighted by atomic mass is 10.0. The fourth-order valence-electron chi connectivity index (χ4n) is 5.91. The van der Waals surface area contributed by atoms with Gasteiger partial charge in [-0.05, 0) is 64.7 Å². The zero-order chi connectivity index (χ0) is 39.8. The molecule has 0 saturated carbocycles. The van der Waals surface area contributed by atoms with Crippen LogP contribution < -0.4 is 0 Å². The summed E-state index contributed by atoms with van der Waals surface area (Å²) >= 11 is 0. The number of hydrogen-bond donors (Lipinski definition) is 3. The summed E-state index contributed by atoms with van der Waals surface area (Å²) < 4.78 is 26.3. The number of carbonyl (C=O) groups is 2. The van der Waals surface area contributed by atoms with Gasteiger partial charge >= 0.3 is 19.8 Å². The Morgan fingerprint density at radius 3 is 1.41 bits per heavy atom. The van der Waals surface area contributed by atoms with Crippen molar-refractivity contribution in [1.82, 2.24) is 0 Å². The topological polar surface area (TPSA) is 140 Å². The molecule has 3 N–H and O–H groups in total. The maximum absolute atomic E-state index is 12.4. The highest BCUT2D eigenvalue weighted by atomic mass is 31.2. The lowest BCUT2D eigenvalue weighted by Gasteiger charge is -2.18. The standard InChI is InChI=1S/C44H79O9P/c1-3-4-5-6-7-8-9-10-11-12-13-16-20-23-26-29-32-35-38-44(47)53-42(40-52-54(48,49)50)39-51-43(46)37-34-31-28-25-22-19-17-14-15-18-21-24-27-30-33-36-41(2)45/h15,17-19,24-25,27-28,41-42,45H,3-14,16,20-23,26,29-40H2,1-2H3,(H2,48,49,50)/b18-15-,19-17-,27-24-,28-25-/t41-,42-/m1/s1. The number of ether oxygens (including phenoxy) is 2. The highest BCUT2D eigenvalue weighted by Gasteiger charge is 2.22. The van der Waals surface area contributed by atoms with E-state index in [1.165, 1.54) is 89.9 Å². The van der Waals surface area contributed by atoms with Crippen molar-refractivity contribution in [2.75, 3.05) is 13.2 Å². The van der Waals surface area contributed by atoms with E-state index in [0.717, 1.165) is 57.8 Å². The Kier molecular flexibility index (Phi) is 37.7. The minimum absolute atomic E-state index is 0.180. The van der Waals surface area contributed by atoms with Gasteiger partial charge in [-0.1, -0.05) is 165 Å². The fourth-order valence-corrected chi connectivity index (χ4v) is 6.27. The Labute approximate surface area is 329 Å². The van der Waals surface area contributed by atoms with E-state index in [4.69, 9.17) is 19.3 Å². The summed E-state index contributed by atoms with van der Waals surface area (Å²) in [7, 11) is -4.77. The number of phosphoric ester groups is 1. The minimum Gasteiger partial charge on any atom is -0.462 e. The molecule has 10 heteroatoms. The van der Waals surface area contributed by atoms with Crippen LogP contribution in [-0.4, -0.2) is 52.3 Å². The smallest absolute Gasteiger partial charge is 0.462 e. The van der Waals surface area contributed by atoms with Crippen molar-refractivity contribution in [3.63, 3.8) is 0 Å². The second-order valence-electron chi connectivity index (χ2n) is 14.6. The Hall–Kier alpha value is -2.03. The molecule has 9 nitrogen and oxygen atoms in total. The van der Waals surface area contributed by atoms with E-state index in [-0.39, 0.29) is 25.6 Å². The van der Waals surface area contributed by atoms with Crippen molar-refractivity contribution >= 4 is 19.8 Å². The number of carbonyl (C=O) groups excluding carboxylic acids is 2. The van der Waals surface area contributed by atoms with Gasteiger partial charge in [0.1, 0.15) is 6.61 Å². The number of allylic oxidation sites excluding steroid dienone is 8. The van der Waals surface area contributed by atoms with Crippen molar-refractivity contribution in [3.8, 4) is 0 Å². The number of hydrogen-bond acceptors (Lipinski definition) is 7. The zero-order valence-corrected chi connectivity index (χ0v) is 35.1. The van der Waals surface area contributed by atoms with Crippen LogP contribution in [0.4, 0.5) is 0 Å². The van der Waals surface area contributed by atoms with Gasteiger partial charge in [-0.3, -0.25) is 14.1 Å². The molecule has 0 amide bonds. The first-order valence-corrected chi connectivity index (χ1v) is 23.0. The third-order valence-corrected chi connectivity index (χ3v) is 9.60. The lowest BCUT2D eigenvalue weighted by molar-refractivity contribution is -0.161. The van der Waals surface area contributed by atoms with Crippen molar-refractivity contribution in [1.29, 1.82) is 0 Å². The molecule has 0 spiro atoms. The van der Waals surface area contributed by atoms with Crippen LogP contribution in [0.25, 0.3) is 0 Å². The molecule has 0 aromatic heterocycles. The Bertz CT molecular complexity index is 1030. The van der Waals surface area contributed by atoms with Crippen LogP contribution >= 0.6 is 7.82 Å². The monoisotopic (exact) mass is 783 g/mol. The summed E-state index contributed by atoms with van der Waals surface area (Å²) in [5.41, 5.74) is 0. The van der Waals surface area contributed by atoms with Gasteiger partial charge in [0.2, 0.25) is 0 Å². The summed E-state index contributed by atoms with van der Waals surface area (Å²) in [4.78, 5) is 42.8. The number of phosphoric acid groups is 1. The third-order valence-electron chi connectivity index (χ3n) is 9.12. The number of unbranched alkanes of at least 4 members (excludes halogenated alkanes) is 19. The first kappa shape index (κ1) is 52.0. The molecule has 0 fully saturated rings. The van der Waals surface area contributed by atoms with Crippen LogP contribution in [0, 0.1) is 0 Å². The predicted molar refractivity (Wildman–Crippen MR) is 222 cm³/mol. The second-order valence-corrected chi connectivity index (χ2v) is 15.8. The maximum atomic E-state index is 12.4. The molecule has 0 radical (unpaired) electrons. The van der Waals surface area contributed by atoms with Crippen molar-refractivity contribution in [2.24, 2.45) is 0 Å². The van der Waals surface area contributed by atoms with E-state index < -0.39 is 32.5 Å². The predicted octanol–water partition coefficient (Wildman–Crippen LogP) is 12.1. The molecule has 0 aliphatic heterocycles. The third kappa shape index (κ3) is 42.7. The van der Waals surface area contributed by atoms with Crippen LogP contribution in [0.15, 0.2) is 48.6 Å². The maximum Gasteiger partial charge on any atom is 0.469 e. The number of aliphatic hydroxyl groups excluding tert-OH is 1. The van der Waals surface area contributed by atoms with E-state index in [0.29, 0.717) is 19.3 Å². The molecule has 0 rings (SSSR count). The summed E-state index contributed by atoms with van der Waals surface area (Å²) in [6.07, 6.45) is 45.4. The SMILES string of the molecule is CCCCCCCCCCCCCCCCCCCCC(=O)O[C@H](COC(=O)CCC/C=C\C/C=C\C/C=C\C/C=C\CCC[C@@H](C)O)COP(=O)(O)O. The lowest BCUT2D eigenvalue weighted by Crippen LogP contribution is -2.29. The van der Waals surface area contributed by atoms with Gasteiger partial charge < -0.3 is 24.4 Å². The average Bonchev–Trinajstić information content (AvgIpc) is 3.13. The summed E-state index contributed by atoms with van der Waals surface area (Å²) in [5.74, 6) is -0.962. The molecule has 2 atom stereocenters. The molecule has 0 aromatic rings. The van der Waals surface area contributed by atoms with Gasteiger partial charge in [-0.2, -0.15) is 0 Å². The van der Waals surface area contributed by atoms with E-state index in [2.05, 4.69) is 54.0 Å². The molecule has 0 aliphatic rings. The summed E-state index contributed by atoms with van der Waals surface area (Å²) in [5, 5.41) is 9.25. The number of esters is 2. The summed E-state index contributed by atoms with van der Waals surface area (Å²) in [6.45, 7) is 3.20. The quantitative estimate of drug-likeness (QED) is 0.0240. The Morgan fingerprint density at radius 2 is 0.963 bits per heavy atom. The van der Waals surface area contributed by atoms with Crippen LogP contribution in [0.1, 0.15) is 194 Å². The average molecular weight is 783 g/mol. The molecule has 314 valence electrons. The van der Waals surface area contributed by atoms with E-state index in [1.807, 2.05) is 13.0 Å². The number of rotatable bonds is 39. The van der Waals surface area contributed by atoms with Gasteiger partial charge in [-0.25, -0.2) is 4.57 Å². The van der Waals surface area contributed by atoms with Crippen LogP contribution in [0.5, 0.6) is 0 Å². The minimum atomic E-state index is -4.77. The first-order chi connectivity index (χ1) is 26.1. The summed E-state index contributed by atoms with van der Waals surface area (Å²) in [6, 6.07) is 0. The largest absolute Gasteiger partial charge is 0.469 e. The van der Waals surface area contributed by atoms with E-state index in [1.54, 1.807) is 0 Å². The Balaban J connectivity index is 3.98.